The second kappa shape index (κ2) is 5.14. The number of aromatic nitrogens is 1. The highest BCUT2D eigenvalue weighted by Crippen LogP contribution is 2.17. The molecule has 0 radical (unpaired) electrons. The molecule has 0 saturated carbocycles. The van der Waals surface area contributed by atoms with E-state index in [1.165, 1.54) is 0 Å². The Bertz CT molecular complexity index is 391. The number of carbonyl (C=O) groups is 1. The van der Waals surface area contributed by atoms with Crippen LogP contribution < -0.4 is 5.73 Å². The monoisotopic (exact) mass is 235 g/mol. The molecule has 0 unspecified atom stereocenters. The number of aliphatic hydroxyl groups excluding tert-OH is 1. The summed E-state index contributed by atoms with van der Waals surface area (Å²) in [7, 11) is 0. The SMILES string of the molecule is Nc1ccc(CC(=O)N2CCC[C@H]2CO)nc1. The predicted octanol–water partition coefficient (Wildman–Crippen LogP) is 0.190. The van der Waals surface area contributed by atoms with Gasteiger partial charge in [-0.15, -0.1) is 0 Å². The van der Waals surface area contributed by atoms with E-state index in [0.29, 0.717) is 11.4 Å². The quantitative estimate of drug-likeness (QED) is 0.783. The highest BCUT2D eigenvalue weighted by atomic mass is 16.3. The Labute approximate surface area is 100 Å². The number of aliphatic hydroxyl groups is 1. The molecule has 1 aliphatic heterocycles. The van der Waals surface area contributed by atoms with Gasteiger partial charge in [-0.25, -0.2) is 0 Å². The molecule has 1 fully saturated rings. The number of nitrogens with two attached hydrogens (primary N) is 1. The summed E-state index contributed by atoms with van der Waals surface area (Å²) in [4.78, 5) is 17.9. The zero-order valence-corrected chi connectivity index (χ0v) is 9.67. The molecule has 92 valence electrons. The van der Waals surface area contributed by atoms with Gasteiger partial charge in [-0.2, -0.15) is 0 Å². The molecular formula is C12H17N3O2. The molecule has 5 heteroatoms. The molecule has 17 heavy (non-hydrogen) atoms. The average molecular weight is 235 g/mol. The van der Waals surface area contributed by atoms with E-state index in [2.05, 4.69) is 4.98 Å². The topological polar surface area (TPSA) is 79.5 Å². The summed E-state index contributed by atoms with van der Waals surface area (Å²) in [6.45, 7) is 0.778. The lowest BCUT2D eigenvalue weighted by atomic mass is 10.2. The fraction of sp³-hybridized carbons (Fsp3) is 0.500. The maximum atomic E-state index is 12.0. The van der Waals surface area contributed by atoms with Gasteiger partial charge in [0.1, 0.15) is 0 Å². The number of rotatable bonds is 3. The first kappa shape index (κ1) is 11.9. The van der Waals surface area contributed by atoms with Crippen LogP contribution in [-0.2, 0) is 11.2 Å². The summed E-state index contributed by atoms with van der Waals surface area (Å²) in [5, 5.41) is 9.16. The summed E-state index contributed by atoms with van der Waals surface area (Å²) in [5.41, 5.74) is 6.84. The van der Waals surface area contributed by atoms with Gasteiger partial charge in [-0.3, -0.25) is 9.78 Å². The van der Waals surface area contributed by atoms with E-state index in [9.17, 15) is 4.79 Å². The van der Waals surface area contributed by atoms with Crippen molar-refractivity contribution in [1.82, 2.24) is 9.88 Å². The number of anilines is 1. The molecule has 1 aliphatic rings. The third-order valence-electron chi connectivity index (χ3n) is 3.09. The second-order valence-corrected chi connectivity index (χ2v) is 4.33. The van der Waals surface area contributed by atoms with Gasteiger partial charge < -0.3 is 15.7 Å². The van der Waals surface area contributed by atoms with E-state index in [-0.39, 0.29) is 25.0 Å². The van der Waals surface area contributed by atoms with E-state index in [0.717, 1.165) is 19.4 Å². The molecule has 1 amide bonds. The van der Waals surface area contributed by atoms with Crippen LogP contribution >= 0.6 is 0 Å². The van der Waals surface area contributed by atoms with Crippen molar-refractivity contribution in [3.05, 3.63) is 24.0 Å². The summed E-state index contributed by atoms with van der Waals surface area (Å²) in [6, 6.07) is 3.48. The van der Waals surface area contributed by atoms with Crippen LogP contribution in [0.5, 0.6) is 0 Å². The van der Waals surface area contributed by atoms with Crippen molar-refractivity contribution in [2.45, 2.75) is 25.3 Å². The molecular weight excluding hydrogens is 218 g/mol. The van der Waals surface area contributed by atoms with Crippen LogP contribution in [0, 0.1) is 0 Å². The second-order valence-electron chi connectivity index (χ2n) is 4.33. The summed E-state index contributed by atoms with van der Waals surface area (Å²) in [5.74, 6) is 0.0267. The van der Waals surface area contributed by atoms with Crippen molar-refractivity contribution < 1.29 is 9.90 Å². The number of nitrogens with zero attached hydrogens (tertiary/aromatic N) is 2. The van der Waals surface area contributed by atoms with E-state index < -0.39 is 0 Å². The Morgan fingerprint density at radius 2 is 2.41 bits per heavy atom. The first-order valence-electron chi connectivity index (χ1n) is 5.81. The highest BCUT2D eigenvalue weighted by Gasteiger charge is 2.27. The van der Waals surface area contributed by atoms with Crippen LogP contribution in [0.4, 0.5) is 5.69 Å². The molecule has 0 aromatic carbocycles. The van der Waals surface area contributed by atoms with Gasteiger partial charge in [0.25, 0.3) is 0 Å². The maximum absolute atomic E-state index is 12.0. The van der Waals surface area contributed by atoms with Gasteiger partial charge in [0.15, 0.2) is 0 Å². The van der Waals surface area contributed by atoms with E-state index in [1.54, 1.807) is 23.2 Å². The van der Waals surface area contributed by atoms with E-state index in [4.69, 9.17) is 10.8 Å². The van der Waals surface area contributed by atoms with Gasteiger partial charge in [-0.05, 0) is 25.0 Å². The molecule has 1 saturated heterocycles. The van der Waals surface area contributed by atoms with Gasteiger partial charge in [0.05, 0.1) is 31.0 Å². The van der Waals surface area contributed by atoms with E-state index in [1.807, 2.05) is 0 Å². The summed E-state index contributed by atoms with van der Waals surface area (Å²) in [6.07, 6.45) is 3.68. The Kier molecular flexibility index (Phi) is 3.58. The minimum Gasteiger partial charge on any atom is -0.397 e. The average Bonchev–Trinajstić information content (AvgIpc) is 2.80. The van der Waals surface area contributed by atoms with Crippen LogP contribution in [0.25, 0.3) is 0 Å². The summed E-state index contributed by atoms with van der Waals surface area (Å²) >= 11 is 0. The molecule has 5 nitrogen and oxygen atoms in total. The van der Waals surface area contributed by atoms with Crippen LogP contribution in [0.15, 0.2) is 18.3 Å². The molecule has 0 bridgehead atoms. The standard InChI is InChI=1S/C12H17N3O2/c13-9-3-4-10(14-7-9)6-12(17)15-5-1-2-11(15)8-16/h3-4,7,11,16H,1-2,5-6,8,13H2/t11-/m0/s1. The number of nitrogen functional groups attached to an aromatic ring is 1. The van der Waals surface area contributed by atoms with Crippen molar-refractivity contribution in [3.8, 4) is 0 Å². The minimum atomic E-state index is -0.0173. The number of likely N-dealkylation sites (tertiary alicyclic amines) is 1. The van der Waals surface area contributed by atoms with Crippen LogP contribution in [0.1, 0.15) is 18.5 Å². The minimum absolute atomic E-state index is 0.0173. The Balaban J connectivity index is 1.99. The molecule has 1 atom stereocenters. The Morgan fingerprint density at radius 3 is 3.06 bits per heavy atom. The van der Waals surface area contributed by atoms with Crippen molar-refractivity contribution in [2.24, 2.45) is 0 Å². The third-order valence-corrected chi connectivity index (χ3v) is 3.09. The number of hydrogen-bond donors (Lipinski definition) is 2. The Hall–Kier alpha value is -1.62. The third kappa shape index (κ3) is 2.74. The first-order valence-corrected chi connectivity index (χ1v) is 5.81. The molecule has 3 N–H and O–H groups in total. The van der Waals surface area contributed by atoms with Gasteiger partial charge in [-0.1, -0.05) is 0 Å². The largest absolute Gasteiger partial charge is 0.397 e. The van der Waals surface area contributed by atoms with Crippen molar-refractivity contribution >= 4 is 11.6 Å². The lowest BCUT2D eigenvalue weighted by Crippen LogP contribution is -2.38. The van der Waals surface area contributed by atoms with Crippen LogP contribution in [0.3, 0.4) is 0 Å². The molecule has 2 heterocycles. The normalized spacial score (nSPS) is 19.6. The predicted molar refractivity (Wildman–Crippen MR) is 64.2 cm³/mol. The Morgan fingerprint density at radius 1 is 1.59 bits per heavy atom. The van der Waals surface area contributed by atoms with Gasteiger partial charge >= 0.3 is 0 Å². The molecule has 2 rings (SSSR count). The van der Waals surface area contributed by atoms with Crippen molar-refractivity contribution in [3.63, 3.8) is 0 Å². The maximum Gasteiger partial charge on any atom is 0.228 e. The fourth-order valence-corrected chi connectivity index (χ4v) is 2.15. The number of carbonyl (C=O) groups excluding carboxylic acids is 1. The van der Waals surface area contributed by atoms with E-state index >= 15 is 0 Å². The van der Waals surface area contributed by atoms with Crippen molar-refractivity contribution in [1.29, 1.82) is 0 Å². The lowest BCUT2D eigenvalue weighted by Gasteiger charge is -2.22. The van der Waals surface area contributed by atoms with Gasteiger partial charge in [0.2, 0.25) is 5.91 Å². The number of hydrogen-bond acceptors (Lipinski definition) is 4. The smallest absolute Gasteiger partial charge is 0.228 e. The molecule has 0 aliphatic carbocycles. The number of amides is 1. The number of pyridine rings is 1. The zero-order valence-electron chi connectivity index (χ0n) is 9.67. The zero-order chi connectivity index (χ0) is 12.3. The van der Waals surface area contributed by atoms with Crippen LogP contribution in [0.2, 0.25) is 0 Å². The molecule has 1 aromatic rings. The van der Waals surface area contributed by atoms with Gasteiger partial charge in [0, 0.05) is 12.2 Å². The first-order chi connectivity index (χ1) is 8.20. The summed E-state index contributed by atoms with van der Waals surface area (Å²) < 4.78 is 0. The van der Waals surface area contributed by atoms with Crippen molar-refractivity contribution in [2.75, 3.05) is 18.9 Å². The fourth-order valence-electron chi connectivity index (χ4n) is 2.15. The highest BCUT2D eigenvalue weighted by molar-refractivity contribution is 5.79. The van der Waals surface area contributed by atoms with Crippen LogP contribution in [-0.4, -0.2) is 40.1 Å². The molecule has 1 aromatic heterocycles. The molecule has 0 spiro atoms. The lowest BCUT2D eigenvalue weighted by molar-refractivity contribution is -0.132.